The summed E-state index contributed by atoms with van der Waals surface area (Å²) >= 11 is 0. The third kappa shape index (κ3) is 1.60. The summed E-state index contributed by atoms with van der Waals surface area (Å²) < 4.78 is 0. The number of hydrogen-bond donors (Lipinski definition) is 0. The molecule has 0 heterocycles. The van der Waals surface area contributed by atoms with Gasteiger partial charge in [-0.15, -0.1) is 0 Å². The van der Waals surface area contributed by atoms with Crippen LogP contribution in [0.4, 0.5) is 0 Å². The highest BCUT2D eigenvalue weighted by Crippen LogP contribution is 2.62. The minimum Gasteiger partial charge on any atom is -0.299 e. The molecule has 3 fully saturated rings. The Morgan fingerprint density at radius 2 is 1.86 bits per heavy atom. The van der Waals surface area contributed by atoms with Gasteiger partial charge >= 0.3 is 0 Å². The number of carbonyl (C=O) groups is 3. The Balaban J connectivity index is 1.79. The van der Waals surface area contributed by atoms with Gasteiger partial charge in [0.05, 0.1) is 0 Å². The van der Waals surface area contributed by atoms with E-state index in [4.69, 9.17) is 0 Å². The molecule has 0 radical (unpaired) electrons. The molecule has 3 saturated carbocycles. The molecule has 0 aliphatic heterocycles. The molecule has 116 valence electrons. The molecule has 4 rings (SSSR count). The average Bonchev–Trinajstić information content (AvgIpc) is 2.75. The van der Waals surface area contributed by atoms with E-state index in [2.05, 4.69) is 6.92 Å². The van der Waals surface area contributed by atoms with Crippen molar-refractivity contribution in [2.75, 3.05) is 0 Å². The van der Waals surface area contributed by atoms with Gasteiger partial charge in [-0.2, -0.15) is 0 Å². The maximum absolute atomic E-state index is 13.0. The van der Waals surface area contributed by atoms with E-state index >= 15 is 0 Å². The molecule has 0 spiro atoms. The molecule has 4 aliphatic rings. The van der Waals surface area contributed by atoms with E-state index in [1.54, 1.807) is 12.2 Å². The van der Waals surface area contributed by atoms with Gasteiger partial charge in [-0.25, -0.2) is 0 Å². The summed E-state index contributed by atoms with van der Waals surface area (Å²) in [4.78, 5) is 37.0. The summed E-state index contributed by atoms with van der Waals surface area (Å²) in [7, 11) is 0. The number of allylic oxidation sites excluding steroid dienone is 4. The lowest BCUT2D eigenvalue weighted by atomic mass is 9.48. The summed E-state index contributed by atoms with van der Waals surface area (Å²) in [5, 5.41) is 0. The van der Waals surface area contributed by atoms with Crippen LogP contribution in [0.5, 0.6) is 0 Å². The zero-order chi connectivity index (χ0) is 15.7. The highest BCUT2D eigenvalue weighted by atomic mass is 16.1. The lowest BCUT2D eigenvalue weighted by molar-refractivity contribution is -0.147. The molecule has 0 amide bonds. The molecule has 3 unspecified atom stereocenters. The molecule has 0 aromatic carbocycles. The van der Waals surface area contributed by atoms with Crippen molar-refractivity contribution in [2.45, 2.75) is 46.0 Å². The third-order valence-electron chi connectivity index (χ3n) is 6.97. The number of carbonyl (C=O) groups excluding carboxylic acids is 3. The van der Waals surface area contributed by atoms with Crippen molar-refractivity contribution in [1.29, 1.82) is 0 Å². The first-order valence-electron chi connectivity index (χ1n) is 8.36. The maximum Gasteiger partial charge on any atom is 0.178 e. The standard InChI is InChI=1S/C19H22O3/c1-18-8-7-12(20)9-11(18)3-4-13-14-5-6-16(22)19(14,2)10-15(21)17(13)18/h7-9,13-14,17H,3-6,10H2,1-2H3/t13?,14?,17?,18-,19-/m0/s1. The lowest BCUT2D eigenvalue weighted by Gasteiger charge is -2.54. The van der Waals surface area contributed by atoms with Crippen molar-refractivity contribution in [3.63, 3.8) is 0 Å². The SMILES string of the molecule is C[C@]12C=CC(=O)C=C1CCC1C2C(=O)C[C@]2(C)C(=O)CCC12. The fourth-order valence-corrected chi connectivity index (χ4v) is 5.81. The Morgan fingerprint density at radius 1 is 1.09 bits per heavy atom. The van der Waals surface area contributed by atoms with Gasteiger partial charge in [-0.05, 0) is 43.3 Å². The molecule has 0 saturated heterocycles. The second-order valence-corrected chi connectivity index (χ2v) is 8.00. The molecule has 0 bridgehead atoms. The van der Waals surface area contributed by atoms with Crippen molar-refractivity contribution in [3.8, 4) is 0 Å². The first-order chi connectivity index (χ1) is 10.4. The Morgan fingerprint density at radius 3 is 2.64 bits per heavy atom. The van der Waals surface area contributed by atoms with Crippen molar-refractivity contribution in [3.05, 3.63) is 23.8 Å². The van der Waals surface area contributed by atoms with Gasteiger partial charge in [0.2, 0.25) is 0 Å². The molecule has 4 aliphatic carbocycles. The third-order valence-corrected chi connectivity index (χ3v) is 6.97. The quantitative estimate of drug-likeness (QED) is 0.690. The van der Waals surface area contributed by atoms with Crippen LogP contribution in [0.3, 0.4) is 0 Å². The van der Waals surface area contributed by atoms with Crippen LogP contribution >= 0.6 is 0 Å². The number of ketones is 3. The number of rotatable bonds is 0. The molecule has 0 N–H and O–H groups in total. The predicted octanol–water partition coefficient (Wildman–Crippen LogP) is 3.04. The lowest BCUT2D eigenvalue weighted by Crippen LogP contribution is -2.54. The van der Waals surface area contributed by atoms with Crippen molar-refractivity contribution in [2.24, 2.45) is 28.6 Å². The number of fused-ring (bicyclic) bond motifs is 5. The Bertz CT molecular complexity index is 656. The van der Waals surface area contributed by atoms with Crippen molar-refractivity contribution in [1.82, 2.24) is 0 Å². The summed E-state index contributed by atoms with van der Waals surface area (Å²) in [6.07, 6.45) is 9.08. The van der Waals surface area contributed by atoms with Gasteiger partial charge in [0.25, 0.3) is 0 Å². The van der Waals surface area contributed by atoms with E-state index in [9.17, 15) is 14.4 Å². The topological polar surface area (TPSA) is 51.2 Å². The highest BCUT2D eigenvalue weighted by Gasteiger charge is 2.61. The van der Waals surface area contributed by atoms with Crippen LogP contribution in [0.1, 0.15) is 46.0 Å². The molecular formula is C19H22O3. The van der Waals surface area contributed by atoms with Crippen LogP contribution in [-0.4, -0.2) is 17.3 Å². The van der Waals surface area contributed by atoms with E-state index in [-0.39, 0.29) is 34.6 Å². The fourth-order valence-electron chi connectivity index (χ4n) is 5.81. The summed E-state index contributed by atoms with van der Waals surface area (Å²) in [6, 6.07) is 0. The first kappa shape index (κ1) is 14.1. The van der Waals surface area contributed by atoms with Crippen LogP contribution in [0.2, 0.25) is 0 Å². The highest BCUT2D eigenvalue weighted by molar-refractivity contribution is 6.02. The van der Waals surface area contributed by atoms with Gasteiger partial charge in [0.15, 0.2) is 5.78 Å². The number of hydrogen-bond acceptors (Lipinski definition) is 3. The van der Waals surface area contributed by atoms with Crippen LogP contribution in [0.25, 0.3) is 0 Å². The zero-order valence-corrected chi connectivity index (χ0v) is 13.2. The maximum atomic E-state index is 13.0. The van der Waals surface area contributed by atoms with Crippen LogP contribution in [0.15, 0.2) is 23.8 Å². The first-order valence-corrected chi connectivity index (χ1v) is 8.36. The molecule has 3 nitrogen and oxygen atoms in total. The van der Waals surface area contributed by atoms with Crippen molar-refractivity contribution < 1.29 is 14.4 Å². The zero-order valence-electron chi connectivity index (χ0n) is 13.2. The molecule has 0 aromatic heterocycles. The summed E-state index contributed by atoms with van der Waals surface area (Å²) in [5.41, 5.74) is 0.368. The molecular weight excluding hydrogens is 276 g/mol. The van der Waals surface area contributed by atoms with E-state index in [0.717, 1.165) is 24.8 Å². The minimum absolute atomic E-state index is 0.0371. The molecule has 0 aromatic rings. The van der Waals surface area contributed by atoms with E-state index in [1.165, 1.54) is 0 Å². The Kier molecular flexibility index (Phi) is 2.74. The largest absolute Gasteiger partial charge is 0.299 e. The normalized spacial score (nSPS) is 46.9. The molecule has 22 heavy (non-hydrogen) atoms. The van der Waals surface area contributed by atoms with Crippen LogP contribution in [-0.2, 0) is 14.4 Å². The molecule has 5 atom stereocenters. The minimum atomic E-state index is -0.427. The Labute approximate surface area is 130 Å². The van der Waals surface area contributed by atoms with E-state index in [0.29, 0.717) is 18.8 Å². The van der Waals surface area contributed by atoms with Gasteiger partial charge in [0, 0.05) is 29.6 Å². The second-order valence-electron chi connectivity index (χ2n) is 8.00. The predicted molar refractivity (Wildman–Crippen MR) is 82.0 cm³/mol. The van der Waals surface area contributed by atoms with E-state index < -0.39 is 5.41 Å². The van der Waals surface area contributed by atoms with Gasteiger partial charge in [0.1, 0.15) is 11.6 Å². The monoisotopic (exact) mass is 298 g/mol. The molecule has 3 heteroatoms. The van der Waals surface area contributed by atoms with Crippen LogP contribution < -0.4 is 0 Å². The summed E-state index contributed by atoms with van der Waals surface area (Å²) in [6.45, 7) is 4.12. The van der Waals surface area contributed by atoms with E-state index in [1.807, 2.05) is 13.0 Å². The fraction of sp³-hybridized carbons (Fsp3) is 0.632. The van der Waals surface area contributed by atoms with Gasteiger partial charge < -0.3 is 0 Å². The van der Waals surface area contributed by atoms with Crippen LogP contribution in [0, 0.1) is 28.6 Å². The average molecular weight is 298 g/mol. The second kappa shape index (κ2) is 4.27. The van der Waals surface area contributed by atoms with Crippen molar-refractivity contribution >= 4 is 17.3 Å². The summed E-state index contributed by atoms with van der Waals surface area (Å²) in [5.74, 6) is 1.12. The number of Topliss-reactive ketones (excluding diaryl/α,β-unsaturated/α-hetero) is 2. The van der Waals surface area contributed by atoms with Gasteiger partial charge in [-0.1, -0.05) is 25.5 Å². The van der Waals surface area contributed by atoms with Gasteiger partial charge in [-0.3, -0.25) is 14.4 Å². The smallest absolute Gasteiger partial charge is 0.178 e. The Hall–Kier alpha value is -1.51.